The SMILES string of the molecule is O=C(Nc1ccccc1OCc1cccc(F)c1)C1CCN(c2ccncc2)CC1. The Morgan fingerprint density at radius 2 is 1.83 bits per heavy atom. The summed E-state index contributed by atoms with van der Waals surface area (Å²) in [4.78, 5) is 19.2. The van der Waals surface area contributed by atoms with E-state index >= 15 is 0 Å². The van der Waals surface area contributed by atoms with Gasteiger partial charge in [0.1, 0.15) is 18.2 Å². The molecule has 3 aromatic rings. The lowest BCUT2D eigenvalue weighted by atomic mass is 9.95. The van der Waals surface area contributed by atoms with Gasteiger partial charge in [-0.1, -0.05) is 24.3 Å². The Kier molecular flexibility index (Phi) is 6.23. The Morgan fingerprint density at radius 1 is 1.07 bits per heavy atom. The lowest BCUT2D eigenvalue weighted by Gasteiger charge is -2.33. The van der Waals surface area contributed by atoms with Crippen molar-refractivity contribution in [3.63, 3.8) is 0 Å². The zero-order chi connectivity index (χ0) is 20.8. The second-order valence-corrected chi connectivity index (χ2v) is 7.37. The lowest BCUT2D eigenvalue weighted by molar-refractivity contribution is -0.120. The van der Waals surface area contributed by atoms with Crippen molar-refractivity contribution >= 4 is 17.3 Å². The van der Waals surface area contributed by atoms with Crippen molar-refractivity contribution in [3.8, 4) is 5.75 Å². The van der Waals surface area contributed by atoms with Crippen LogP contribution in [0.2, 0.25) is 0 Å². The smallest absolute Gasteiger partial charge is 0.227 e. The van der Waals surface area contributed by atoms with Crippen LogP contribution in [0.1, 0.15) is 18.4 Å². The van der Waals surface area contributed by atoms with Crippen molar-refractivity contribution in [2.75, 3.05) is 23.3 Å². The third-order valence-corrected chi connectivity index (χ3v) is 5.32. The summed E-state index contributed by atoms with van der Waals surface area (Å²) in [6.07, 6.45) is 5.16. The first-order valence-electron chi connectivity index (χ1n) is 10.1. The number of nitrogens with one attached hydrogen (secondary N) is 1. The molecule has 30 heavy (non-hydrogen) atoms. The molecule has 1 amide bonds. The second kappa shape index (κ2) is 9.39. The van der Waals surface area contributed by atoms with E-state index in [2.05, 4.69) is 15.2 Å². The number of pyridine rings is 1. The van der Waals surface area contributed by atoms with Crippen molar-refractivity contribution in [3.05, 3.63) is 84.4 Å². The number of ether oxygens (including phenoxy) is 1. The lowest BCUT2D eigenvalue weighted by Crippen LogP contribution is -2.38. The van der Waals surface area contributed by atoms with Gasteiger partial charge < -0.3 is 15.0 Å². The van der Waals surface area contributed by atoms with E-state index in [1.54, 1.807) is 30.6 Å². The molecule has 2 heterocycles. The molecule has 1 fully saturated rings. The maximum atomic E-state index is 13.4. The van der Waals surface area contributed by atoms with Gasteiger partial charge >= 0.3 is 0 Å². The number of halogens is 1. The van der Waals surface area contributed by atoms with Crippen molar-refractivity contribution in [2.45, 2.75) is 19.4 Å². The van der Waals surface area contributed by atoms with Gasteiger partial charge in [0.2, 0.25) is 5.91 Å². The predicted molar refractivity (Wildman–Crippen MR) is 115 cm³/mol. The molecule has 0 saturated carbocycles. The van der Waals surface area contributed by atoms with Crippen molar-refractivity contribution < 1.29 is 13.9 Å². The number of benzene rings is 2. The molecule has 1 aromatic heterocycles. The highest BCUT2D eigenvalue weighted by molar-refractivity contribution is 5.94. The normalized spacial score (nSPS) is 14.4. The number of hydrogen-bond donors (Lipinski definition) is 1. The van der Waals surface area contributed by atoms with Crippen LogP contribution in [0, 0.1) is 11.7 Å². The first-order valence-corrected chi connectivity index (χ1v) is 10.1. The molecule has 5 nitrogen and oxygen atoms in total. The van der Waals surface area contributed by atoms with Crippen LogP contribution in [0.25, 0.3) is 0 Å². The number of piperidine rings is 1. The molecule has 1 N–H and O–H groups in total. The molecule has 0 aliphatic carbocycles. The fraction of sp³-hybridized carbons (Fsp3) is 0.250. The summed E-state index contributed by atoms with van der Waals surface area (Å²) in [5.74, 6) is 0.241. The summed E-state index contributed by atoms with van der Waals surface area (Å²) in [6.45, 7) is 1.90. The van der Waals surface area contributed by atoms with Gasteiger partial charge in [0, 0.05) is 37.1 Å². The molecule has 0 unspecified atom stereocenters. The standard InChI is InChI=1S/C24H24FN3O2/c25-20-5-3-4-18(16-20)17-30-23-7-2-1-6-22(23)27-24(29)19-10-14-28(15-11-19)21-8-12-26-13-9-21/h1-9,12-13,16,19H,10-11,14-15,17H2,(H,27,29). The van der Waals surface area contributed by atoms with Crippen molar-refractivity contribution in [1.29, 1.82) is 0 Å². The highest BCUT2D eigenvalue weighted by Crippen LogP contribution is 2.28. The van der Waals surface area contributed by atoms with Gasteiger partial charge in [-0.05, 0) is 54.8 Å². The van der Waals surface area contributed by atoms with Crippen molar-refractivity contribution in [2.24, 2.45) is 5.92 Å². The Labute approximate surface area is 175 Å². The molecule has 0 atom stereocenters. The first kappa shape index (κ1) is 19.9. The quantitative estimate of drug-likeness (QED) is 0.648. The van der Waals surface area contributed by atoms with E-state index in [1.165, 1.54) is 12.1 Å². The number of aromatic nitrogens is 1. The second-order valence-electron chi connectivity index (χ2n) is 7.37. The van der Waals surface area contributed by atoms with Gasteiger partial charge in [0.25, 0.3) is 0 Å². The van der Waals surface area contributed by atoms with E-state index in [4.69, 9.17) is 4.74 Å². The number of carbonyl (C=O) groups excluding carboxylic acids is 1. The number of nitrogens with zero attached hydrogens (tertiary/aromatic N) is 2. The molecule has 0 bridgehead atoms. The number of hydrogen-bond acceptors (Lipinski definition) is 4. The Balaban J connectivity index is 1.35. The van der Waals surface area contributed by atoms with Gasteiger partial charge in [-0.25, -0.2) is 4.39 Å². The van der Waals surface area contributed by atoms with Crippen LogP contribution in [0.3, 0.4) is 0 Å². The van der Waals surface area contributed by atoms with E-state index in [9.17, 15) is 9.18 Å². The topological polar surface area (TPSA) is 54.5 Å². The van der Waals surface area contributed by atoms with Gasteiger partial charge in [-0.3, -0.25) is 9.78 Å². The Morgan fingerprint density at radius 3 is 2.60 bits per heavy atom. The van der Waals surface area contributed by atoms with Crippen LogP contribution in [0.15, 0.2) is 73.1 Å². The predicted octanol–water partition coefficient (Wildman–Crippen LogP) is 4.65. The van der Waals surface area contributed by atoms with Gasteiger partial charge in [-0.15, -0.1) is 0 Å². The molecule has 4 rings (SSSR count). The maximum Gasteiger partial charge on any atom is 0.227 e. The molecule has 0 radical (unpaired) electrons. The van der Waals surface area contributed by atoms with Crippen LogP contribution in [0.5, 0.6) is 5.75 Å². The molecule has 2 aromatic carbocycles. The summed E-state index contributed by atoms with van der Waals surface area (Å²) in [5, 5.41) is 3.02. The van der Waals surface area contributed by atoms with Gasteiger partial charge in [-0.2, -0.15) is 0 Å². The number of anilines is 2. The molecule has 1 aliphatic rings. The molecule has 0 spiro atoms. The van der Waals surface area contributed by atoms with Crippen LogP contribution in [-0.4, -0.2) is 24.0 Å². The van der Waals surface area contributed by atoms with Crippen molar-refractivity contribution in [1.82, 2.24) is 4.98 Å². The average molecular weight is 405 g/mol. The number of para-hydroxylation sites is 2. The minimum absolute atomic E-state index is 0.00573. The van der Waals surface area contributed by atoms with Crippen LogP contribution in [0.4, 0.5) is 15.8 Å². The van der Waals surface area contributed by atoms with Crippen LogP contribution in [-0.2, 0) is 11.4 Å². The zero-order valence-corrected chi connectivity index (χ0v) is 16.6. The third kappa shape index (κ3) is 4.95. The van der Waals surface area contributed by atoms with Crippen LogP contribution >= 0.6 is 0 Å². The van der Waals surface area contributed by atoms with E-state index in [1.807, 2.05) is 30.3 Å². The summed E-state index contributed by atoms with van der Waals surface area (Å²) in [6, 6.07) is 17.6. The highest BCUT2D eigenvalue weighted by atomic mass is 19.1. The van der Waals surface area contributed by atoms with Gasteiger partial charge in [0.05, 0.1) is 5.69 Å². The molecule has 154 valence electrons. The summed E-state index contributed by atoms with van der Waals surface area (Å²) in [7, 11) is 0. The summed E-state index contributed by atoms with van der Waals surface area (Å²) in [5.41, 5.74) is 2.51. The molecular formula is C24H24FN3O2. The summed E-state index contributed by atoms with van der Waals surface area (Å²) >= 11 is 0. The van der Waals surface area contributed by atoms with E-state index in [0.29, 0.717) is 11.4 Å². The monoisotopic (exact) mass is 405 g/mol. The molecule has 1 saturated heterocycles. The fourth-order valence-corrected chi connectivity index (χ4v) is 3.67. The minimum Gasteiger partial charge on any atom is -0.487 e. The molecule has 6 heteroatoms. The molecule has 1 aliphatic heterocycles. The highest BCUT2D eigenvalue weighted by Gasteiger charge is 2.25. The zero-order valence-electron chi connectivity index (χ0n) is 16.6. The largest absolute Gasteiger partial charge is 0.487 e. The van der Waals surface area contributed by atoms with E-state index in [0.717, 1.165) is 37.2 Å². The average Bonchev–Trinajstić information content (AvgIpc) is 2.79. The number of carbonyl (C=O) groups is 1. The van der Waals surface area contributed by atoms with Crippen LogP contribution < -0.4 is 15.0 Å². The van der Waals surface area contributed by atoms with E-state index < -0.39 is 0 Å². The Bertz CT molecular complexity index is 989. The number of amides is 1. The summed E-state index contributed by atoms with van der Waals surface area (Å²) < 4.78 is 19.2. The minimum atomic E-state index is -0.296. The number of rotatable bonds is 6. The maximum absolute atomic E-state index is 13.4. The molecular weight excluding hydrogens is 381 g/mol. The third-order valence-electron chi connectivity index (χ3n) is 5.32. The van der Waals surface area contributed by atoms with Gasteiger partial charge in [0.15, 0.2) is 0 Å². The fourth-order valence-electron chi connectivity index (χ4n) is 3.67. The first-order chi connectivity index (χ1) is 14.7. The Hall–Kier alpha value is -3.41. The van der Waals surface area contributed by atoms with E-state index in [-0.39, 0.29) is 24.2 Å².